The van der Waals surface area contributed by atoms with Crippen LogP contribution in [0, 0.1) is 18.3 Å². The predicted octanol–water partition coefficient (Wildman–Crippen LogP) is 4.41. The Labute approximate surface area is 142 Å². The second kappa shape index (κ2) is 5.93. The van der Waals surface area contributed by atoms with Crippen LogP contribution in [-0.2, 0) is 5.41 Å². The van der Waals surface area contributed by atoms with Crippen molar-refractivity contribution in [3.63, 3.8) is 0 Å². The minimum Gasteiger partial charge on any atom is -0.211 e. The van der Waals surface area contributed by atoms with Crippen LogP contribution in [0.5, 0.6) is 0 Å². The molecule has 24 heavy (non-hydrogen) atoms. The van der Waals surface area contributed by atoms with Crippen LogP contribution in [0.2, 0.25) is 0 Å². The molecule has 1 aromatic heterocycles. The lowest BCUT2D eigenvalue weighted by molar-refractivity contribution is 0.590. The zero-order chi connectivity index (χ0) is 17.3. The van der Waals surface area contributed by atoms with E-state index in [2.05, 4.69) is 49.3 Å². The highest BCUT2D eigenvalue weighted by atomic mass is 15.4. The Balaban J connectivity index is 2.14. The first-order valence-corrected chi connectivity index (χ1v) is 7.94. The molecule has 4 nitrogen and oxygen atoms in total. The van der Waals surface area contributed by atoms with Crippen molar-refractivity contribution in [3.05, 3.63) is 65.4 Å². The third-order valence-corrected chi connectivity index (χ3v) is 4.05. The van der Waals surface area contributed by atoms with Crippen molar-refractivity contribution in [1.82, 2.24) is 15.0 Å². The molecule has 4 heteroatoms. The van der Waals surface area contributed by atoms with E-state index in [0.717, 1.165) is 22.5 Å². The molecule has 0 aliphatic carbocycles. The zero-order valence-corrected chi connectivity index (χ0v) is 14.4. The van der Waals surface area contributed by atoms with Gasteiger partial charge in [-0.3, -0.25) is 0 Å². The number of nitrogens with zero attached hydrogens (tertiary/aromatic N) is 4. The Bertz CT molecular complexity index is 906. The Kier molecular flexibility index (Phi) is 3.94. The maximum absolute atomic E-state index is 9.41. The summed E-state index contributed by atoms with van der Waals surface area (Å²) >= 11 is 0. The van der Waals surface area contributed by atoms with E-state index >= 15 is 0 Å². The molecule has 0 radical (unpaired) electrons. The first-order valence-electron chi connectivity index (χ1n) is 7.94. The van der Waals surface area contributed by atoms with Gasteiger partial charge < -0.3 is 0 Å². The first kappa shape index (κ1) is 15.9. The van der Waals surface area contributed by atoms with Crippen LogP contribution in [0.1, 0.15) is 37.6 Å². The highest BCUT2D eigenvalue weighted by molar-refractivity contribution is 5.67. The van der Waals surface area contributed by atoms with E-state index in [9.17, 15) is 5.26 Å². The maximum Gasteiger partial charge on any atom is 0.191 e. The second-order valence-electron chi connectivity index (χ2n) is 6.98. The van der Waals surface area contributed by atoms with Gasteiger partial charge in [0.2, 0.25) is 0 Å². The molecule has 0 N–H and O–H groups in total. The number of hydrogen-bond donors (Lipinski definition) is 0. The van der Waals surface area contributed by atoms with E-state index in [4.69, 9.17) is 0 Å². The predicted molar refractivity (Wildman–Crippen MR) is 94.9 cm³/mol. The van der Waals surface area contributed by atoms with Gasteiger partial charge in [-0.15, -0.1) is 5.10 Å². The standard InChI is InChI=1S/C20H20N4/c1-14-6-5-7-17(12-14)24-19(18(13-21)22-23-24)15-8-10-16(11-9-15)20(2,3)4/h5-12H,1-4H3. The molecule has 3 aromatic rings. The summed E-state index contributed by atoms with van der Waals surface area (Å²) in [6, 6.07) is 18.4. The van der Waals surface area contributed by atoms with Gasteiger partial charge in [0.25, 0.3) is 0 Å². The summed E-state index contributed by atoms with van der Waals surface area (Å²) in [7, 11) is 0. The average molecular weight is 316 g/mol. The lowest BCUT2D eigenvalue weighted by atomic mass is 9.86. The molecular weight excluding hydrogens is 296 g/mol. The van der Waals surface area contributed by atoms with Crippen molar-refractivity contribution in [2.45, 2.75) is 33.1 Å². The number of aromatic nitrogens is 3. The van der Waals surface area contributed by atoms with Gasteiger partial charge in [0.1, 0.15) is 11.8 Å². The topological polar surface area (TPSA) is 54.5 Å². The molecular formula is C20H20N4. The fraction of sp³-hybridized carbons (Fsp3) is 0.250. The summed E-state index contributed by atoms with van der Waals surface area (Å²) in [6.07, 6.45) is 0. The van der Waals surface area contributed by atoms with Crippen LogP contribution in [-0.4, -0.2) is 15.0 Å². The number of aryl methyl sites for hydroxylation is 1. The molecule has 0 fully saturated rings. The van der Waals surface area contributed by atoms with Crippen LogP contribution < -0.4 is 0 Å². The molecule has 0 bridgehead atoms. The molecule has 1 heterocycles. The fourth-order valence-electron chi connectivity index (χ4n) is 2.68. The molecule has 0 saturated carbocycles. The van der Waals surface area contributed by atoms with Gasteiger partial charge in [0, 0.05) is 5.56 Å². The first-order chi connectivity index (χ1) is 11.4. The van der Waals surface area contributed by atoms with Crippen LogP contribution in [0.15, 0.2) is 48.5 Å². The van der Waals surface area contributed by atoms with Gasteiger partial charge in [0.15, 0.2) is 5.69 Å². The smallest absolute Gasteiger partial charge is 0.191 e. The molecule has 0 amide bonds. The van der Waals surface area contributed by atoms with Crippen molar-refractivity contribution in [3.8, 4) is 23.0 Å². The van der Waals surface area contributed by atoms with Gasteiger partial charge in [-0.05, 0) is 35.6 Å². The van der Waals surface area contributed by atoms with E-state index in [1.165, 1.54) is 5.56 Å². The number of benzene rings is 2. The molecule has 0 unspecified atom stereocenters. The van der Waals surface area contributed by atoms with Crippen molar-refractivity contribution >= 4 is 0 Å². The molecule has 0 aliphatic rings. The van der Waals surface area contributed by atoms with E-state index in [1.54, 1.807) is 4.68 Å². The number of hydrogen-bond acceptors (Lipinski definition) is 3. The fourth-order valence-corrected chi connectivity index (χ4v) is 2.68. The zero-order valence-electron chi connectivity index (χ0n) is 14.4. The maximum atomic E-state index is 9.41. The summed E-state index contributed by atoms with van der Waals surface area (Å²) in [5.41, 5.74) is 5.37. The van der Waals surface area contributed by atoms with Gasteiger partial charge in [-0.25, -0.2) is 4.68 Å². The minimum absolute atomic E-state index is 0.0889. The van der Waals surface area contributed by atoms with Crippen molar-refractivity contribution in [1.29, 1.82) is 5.26 Å². The Morgan fingerprint density at radius 3 is 2.33 bits per heavy atom. The lowest BCUT2D eigenvalue weighted by Crippen LogP contribution is -2.10. The van der Waals surface area contributed by atoms with E-state index < -0.39 is 0 Å². The molecule has 2 aromatic carbocycles. The van der Waals surface area contributed by atoms with E-state index in [0.29, 0.717) is 5.69 Å². The van der Waals surface area contributed by atoms with Crippen LogP contribution in [0.25, 0.3) is 16.9 Å². The van der Waals surface area contributed by atoms with Gasteiger partial charge in [-0.1, -0.05) is 62.4 Å². The van der Waals surface area contributed by atoms with E-state index in [-0.39, 0.29) is 5.41 Å². The van der Waals surface area contributed by atoms with Gasteiger partial charge in [-0.2, -0.15) is 5.26 Å². The summed E-state index contributed by atoms with van der Waals surface area (Å²) in [5.74, 6) is 0. The van der Waals surface area contributed by atoms with Gasteiger partial charge >= 0.3 is 0 Å². The van der Waals surface area contributed by atoms with E-state index in [1.807, 2.05) is 43.3 Å². The van der Waals surface area contributed by atoms with Gasteiger partial charge in [0.05, 0.1) is 5.69 Å². The summed E-state index contributed by atoms with van der Waals surface area (Å²) in [4.78, 5) is 0. The van der Waals surface area contributed by atoms with Crippen LogP contribution in [0.3, 0.4) is 0 Å². The highest BCUT2D eigenvalue weighted by Gasteiger charge is 2.18. The average Bonchev–Trinajstić information content (AvgIpc) is 2.98. The molecule has 0 aliphatic heterocycles. The number of rotatable bonds is 2. The Morgan fingerprint density at radius 1 is 1.04 bits per heavy atom. The third kappa shape index (κ3) is 2.93. The minimum atomic E-state index is 0.0889. The molecule has 0 saturated heterocycles. The van der Waals surface area contributed by atoms with Crippen molar-refractivity contribution < 1.29 is 0 Å². The largest absolute Gasteiger partial charge is 0.211 e. The molecule has 0 atom stereocenters. The monoisotopic (exact) mass is 316 g/mol. The van der Waals surface area contributed by atoms with Crippen molar-refractivity contribution in [2.24, 2.45) is 0 Å². The Morgan fingerprint density at radius 2 is 1.75 bits per heavy atom. The SMILES string of the molecule is Cc1cccc(-n2nnc(C#N)c2-c2ccc(C(C)(C)C)cc2)c1. The van der Waals surface area contributed by atoms with Crippen molar-refractivity contribution in [2.75, 3.05) is 0 Å². The molecule has 0 spiro atoms. The molecule has 3 rings (SSSR count). The third-order valence-electron chi connectivity index (χ3n) is 4.05. The second-order valence-corrected chi connectivity index (χ2v) is 6.98. The quantitative estimate of drug-likeness (QED) is 0.703. The highest BCUT2D eigenvalue weighted by Crippen LogP contribution is 2.28. The summed E-state index contributed by atoms with van der Waals surface area (Å²) in [6.45, 7) is 8.58. The Hall–Kier alpha value is -2.93. The lowest BCUT2D eigenvalue weighted by Gasteiger charge is -2.19. The van der Waals surface area contributed by atoms with Crippen LogP contribution in [0.4, 0.5) is 0 Å². The summed E-state index contributed by atoms with van der Waals surface area (Å²) in [5, 5.41) is 17.6. The number of nitriles is 1. The molecule has 120 valence electrons. The normalized spacial score (nSPS) is 11.3. The van der Waals surface area contributed by atoms with Crippen LogP contribution >= 0.6 is 0 Å². The summed E-state index contributed by atoms with van der Waals surface area (Å²) < 4.78 is 1.73.